The summed E-state index contributed by atoms with van der Waals surface area (Å²) in [5.41, 5.74) is 0.245. The first kappa shape index (κ1) is 16.0. The molecule has 0 radical (unpaired) electrons. The smallest absolute Gasteiger partial charge is 0.175 e. The summed E-state index contributed by atoms with van der Waals surface area (Å²) >= 11 is 1.28. The van der Waals surface area contributed by atoms with Gasteiger partial charge in [-0.2, -0.15) is 0 Å². The van der Waals surface area contributed by atoms with Crippen molar-refractivity contribution >= 4 is 21.6 Å². The fourth-order valence-electron chi connectivity index (χ4n) is 1.89. The van der Waals surface area contributed by atoms with Crippen molar-refractivity contribution in [1.29, 1.82) is 0 Å². The van der Waals surface area contributed by atoms with Gasteiger partial charge in [0, 0.05) is 21.6 Å². The predicted molar refractivity (Wildman–Crippen MR) is 80.7 cm³/mol. The van der Waals surface area contributed by atoms with Gasteiger partial charge in [-0.1, -0.05) is 17.8 Å². The number of aliphatic hydroxyl groups excluding tert-OH is 1. The molecule has 2 aromatic carbocycles. The largest absolute Gasteiger partial charge is 0.389 e. The van der Waals surface area contributed by atoms with E-state index in [0.717, 1.165) is 11.2 Å². The second-order valence-electron chi connectivity index (χ2n) is 4.67. The Balaban J connectivity index is 2.33. The molecular weight excluding hydrogens is 311 g/mol. The Kier molecular flexibility index (Phi) is 4.70. The van der Waals surface area contributed by atoms with E-state index in [4.69, 9.17) is 0 Å². The number of sulfone groups is 1. The fraction of sp³-hybridized carbons (Fsp3) is 0.200. The van der Waals surface area contributed by atoms with Gasteiger partial charge >= 0.3 is 0 Å². The molecule has 112 valence electrons. The molecule has 0 fully saturated rings. The summed E-state index contributed by atoms with van der Waals surface area (Å²) in [7, 11) is -3.23. The Morgan fingerprint density at radius 1 is 1.14 bits per heavy atom. The average Bonchev–Trinajstić information content (AvgIpc) is 2.38. The number of benzene rings is 2. The van der Waals surface area contributed by atoms with Crippen LogP contribution in [0.15, 0.2) is 57.2 Å². The van der Waals surface area contributed by atoms with Crippen molar-refractivity contribution in [3.8, 4) is 0 Å². The molecule has 0 aliphatic heterocycles. The van der Waals surface area contributed by atoms with Gasteiger partial charge < -0.3 is 5.11 Å². The second-order valence-corrected chi connectivity index (χ2v) is 7.80. The zero-order valence-electron chi connectivity index (χ0n) is 11.6. The predicted octanol–water partition coefficient (Wildman–Crippen LogP) is 3.43. The summed E-state index contributed by atoms with van der Waals surface area (Å²) in [6, 6.07) is 11.0. The summed E-state index contributed by atoms with van der Waals surface area (Å²) in [6.45, 7) is 1.51. The number of hydrogen-bond acceptors (Lipinski definition) is 4. The molecule has 1 unspecified atom stereocenters. The first-order chi connectivity index (χ1) is 9.79. The van der Waals surface area contributed by atoms with E-state index in [1.165, 1.54) is 36.9 Å². The quantitative estimate of drug-likeness (QED) is 0.935. The van der Waals surface area contributed by atoms with Gasteiger partial charge in [-0.3, -0.25) is 0 Å². The Bertz CT molecular complexity index is 738. The van der Waals surface area contributed by atoms with Crippen molar-refractivity contribution < 1.29 is 17.9 Å². The van der Waals surface area contributed by atoms with Crippen molar-refractivity contribution in [2.24, 2.45) is 0 Å². The van der Waals surface area contributed by atoms with Crippen molar-refractivity contribution in [2.45, 2.75) is 27.7 Å². The zero-order chi connectivity index (χ0) is 15.6. The van der Waals surface area contributed by atoms with Crippen LogP contribution in [0.5, 0.6) is 0 Å². The number of rotatable bonds is 4. The molecule has 0 aliphatic carbocycles. The highest BCUT2D eigenvalue weighted by atomic mass is 32.2. The summed E-state index contributed by atoms with van der Waals surface area (Å²) < 4.78 is 36.6. The SMILES string of the molecule is CC(O)c1c(F)cccc1Sc1ccc(S(C)(=O)=O)cc1. The highest BCUT2D eigenvalue weighted by molar-refractivity contribution is 7.99. The van der Waals surface area contributed by atoms with Crippen LogP contribution >= 0.6 is 11.8 Å². The average molecular weight is 326 g/mol. The maximum absolute atomic E-state index is 13.8. The van der Waals surface area contributed by atoms with Gasteiger partial charge in [-0.05, 0) is 43.3 Å². The van der Waals surface area contributed by atoms with Crippen LogP contribution in [-0.4, -0.2) is 19.8 Å². The lowest BCUT2D eigenvalue weighted by Crippen LogP contribution is -1.98. The van der Waals surface area contributed by atoms with E-state index in [1.54, 1.807) is 24.3 Å². The summed E-state index contributed by atoms with van der Waals surface area (Å²) in [5, 5.41) is 9.68. The minimum absolute atomic E-state index is 0.238. The maximum Gasteiger partial charge on any atom is 0.175 e. The second kappa shape index (κ2) is 6.17. The van der Waals surface area contributed by atoms with Gasteiger partial charge in [-0.15, -0.1) is 0 Å². The standard InChI is InChI=1S/C15H15FO3S2/c1-10(17)15-13(16)4-3-5-14(15)20-11-6-8-12(9-7-11)21(2,18)19/h3-10,17H,1-2H3. The maximum atomic E-state index is 13.8. The molecule has 0 saturated heterocycles. The van der Waals surface area contributed by atoms with E-state index in [-0.39, 0.29) is 10.5 Å². The minimum atomic E-state index is -3.23. The molecule has 0 heterocycles. The van der Waals surface area contributed by atoms with E-state index in [0.29, 0.717) is 4.90 Å². The van der Waals surface area contributed by atoms with Crippen LogP contribution in [0.2, 0.25) is 0 Å². The van der Waals surface area contributed by atoms with Crippen LogP contribution in [0, 0.1) is 5.82 Å². The third-order valence-corrected chi connectivity index (χ3v) is 5.12. The van der Waals surface area contributed by atoms with Gasteiger partial charge in [0.25, 0.3) is 0 Å². The molecule has 21 heavy (non-hydrogen) atoms. The number of aliphatic hydroxyl groups is 1. The molecular formula is C15H15FO3S2. The topological polar surface area (TPSA) is 54.4 Å². The molecule has 2 rings (SSSR count). The van der Waals surface area contributed by atoms with E-state index in [1.807, 2.05) is 0 Å². The fourth-order valence-corrected chi connectivity index (χ4v) is 3.57. The van der Waals surface area contributed by atoms with Crippen molar-refractivity contribution in [2.75, 3.05) is 6.26 Å². The molecule has 6 heteroatoms. The summed E-state index contributed by atoms with van der Waals surface area (Å²) in [5.74, 6) is -0.456. The van der Waals surface area contributed by atoms with Gasteiger partial charge in [0.2, 0.25) is 0 Å². The summed E-state index contributed by atoms with van der Waals surface area (Å²) in [6.07, 6.45) is 0.233. The van der Waals surface area contributed by atoms with Crippen LogP contribution < -0.4 is 0 Å². The van der Waals surface area contributed by atoms with Gasteiger partial charge in [-0.25, -0.2) is 12.8 Å². The highest BCUT2D eigenvalue weighted by Crippen LogP contribution is 2.35. The van der Waals surface area contributed by atoms with Crippen LogP contribution in [0.3, 0.4) is 0 Å². The van der Waals surface area contributed by atoms with E-state index < -0.39 is 21.8 Å². The van der Waals surface area contributed by atoms with E-state index >= 15 is 0 Å². The summed E-state index contributed by atoms with van der Waals surface area (Å²) in [4.78, 5) is 1.62. The molecule has 0 bridgehead atoms. The van der Waals surface area contributed by atoms with E-state index in [9.17, 15) is 17.9 Å². The Morgan fingerprint density at radius 3 is 2.29 bits per heavy atom. The molecule has 0 aliphatic rings. The molecule has 1 atom stereocenters. The van der Waals surface area contributed by atoms with Crippen molar-refractivity contribution in [1.82, 2.24) is 0 Å². The molecule has 1 N–H and O–H groups in total. The molecule has 2 aromatic rings. The van der Waals surface area contributed by atoms with E-state index in [2.05, 4.69) is 0 Å². The lowest BCUT2D eigenvalue weighted by Gasteiger charge is -2.12. The van der Waals surface area contributed by atoms with Gasteiger partial charge in [0.1, 0.15) is 5.82 Å². The molecule has 0 saturated carbocycles. The van der Waals surface area contributed by atoms with Crippen molar-refractivity contribution in [3.63, 3.8) is 0 Å². The van der Waals surface area contributed by atoms with Crippen molar-refractivity contribution in [3.05, 3.63) is 53.8 Å². The van der Waals surface area contributed by atoms with Crippen LogP contribution in [-0.2, 0) is 9.84 Å². The first-order valence-electron chi connectivity index (χ1n) is 6.23. The third kappa shape index (κ3) is 3.84. The Morgan fingerprint density at radius 2 is 1.76 bits per heavy atom. The number of halogens is 1. The Labute approximate surface area is 127 Å². The van der Waals surface area contributed by atoms with Gasteiger partial charge in [0.05, 0.1) is 11.0 Å². The monoisotopic (exact) mass is 326 g/mol. The molecule has 0 aromatic heterocycles. The molecule has 0 spiro atoms. The first-order valence-corrected chi connectivity index (χ1v) is 8.94. The highest BCUT2D eigenvalue weighted by Gasteiger charge is 2.14. The normalized spacial score (nSPS) is 13.1. The lowest BCUT2D eigenvalue weighted by atomic mass is 10.1. The third-order valence-electron chi connectivity index (χ3n) is 2.91. The zero-order valence-corrected chi connectivity index (χ0v) is 13.2. The molecule has 3 nitrogen and oxygen atoms in total. The van der Waals surface area contributed by atoms with Crippen LogP contribution in [0.25, 0.3) is 0 Å². The number of hydrogen-bond donors (Lipinski definition) is 1. The molecule has 0 amide bonds. The van der Waals surface area contributed by atoms with Crippen LogP contribution in [0.4, 0.5) is 4.39 Å². The van der Waals surface area contributed by atoms with Gasteiger partial charge in [0.15, 0.2) is 9.84 Å². The minimum Gasteiger partial charge on any atom is -0.389 e. The van der Waals surface area contributed by atoms with Crippen LogP contribution in [0.1, 0.15) is 18.6 Å². The lowest BCUT2D eigenvalue weighted by molar-refractivity contribution is 0.191. The Hall–Kier alpha value is -1.37.